The molecule has 2 heterocycles. The number of rotatable bonds is 5. The van der Waals surface area contributed by atoms with Gasteiger partial charge in [-0.05, 0) is 19.4 Å². The number of nitrogens with one attached hydrogen (secondary N) is 2. The van der Waals surface area contributed by atoms with Crippen LogP contribution in [0.15, 0.2) is 0 Å². The van der Waals surface area contributed by atoms with Gasteiger partial charge >= 0.3 is 0 Å². The second-order valence-corrected chi connectivity index (χ2v) is 5.67. The molecule has 0 radical (unpaired) electrons. The van der Waals surface area contributed by atoms with E-state index in [2.05, 4.69) is 17.6 Å². The van der Waals surface area contributed by atoms with Crippen LogP contribution in [-0.4, -0.2) is 61.6 Å². The van der Waals surface area contributed by atoms with Gasteiger partial charge in [-0.1, -0.05) is 6.92 Å². The summed E-state index contributed by atoms with van der Waals surface area (Å²) in [6.45, 7) is 6.99. The summed E-state index contributed by atoms with van der Waals surface area (Å²) in [6.07, 6.45) is 1.89. The second-order valence-electron chi connectivity index (χ2n) is 5.67. The van der Waals surface area contributed by atoms with Gasteiger partial charge in [-0.3, -0.25) is 9.59 Å². The molecule has 0 aromatic rings. The molecule has 2 rings (SSSR count). The molecule has 0 aliphatic carbocycles. The molecule has 0 spiro atoms. The third-order valence-electron chi connectivity index (χ3n) is 3.96. The predicted octanol–water partition coefficient (Wildman–Crippen LogP) is -0.262. The maximum atomic E-state index is 12.5. The van der Waals surface area contributed by atoms with E-state index in [1.807, 2.05) is 4.90 Å². The lowest BCUT2D eigenvalue weighted by atomic mass is 10.0. The number of carbonyl (C=O) groups excluding carboxylic acids is 2. The lowest BCUT2D eigenvalue weighted by molar-refractivity contribution is -0.135. The third-order valence-corrected chi connectivity index (χ3v) is 3.96. The quantitative estimate of drug-likeness (QED) is 0.729. The number of carbonyl (C=O) groups is 2. The van der Waals surface area contributed by atoms with E-state index in [1.165, 1.54) is 6.92 Å². The van der Waals surface area contributed by atoms with Gasteiger partial charge in [-0.25, -0.2) is 0 Å². The molecule has 6 nitrogen and oxygen atoms in total. The molecule has 0 aromatic carbocycles. The zero-order chi connectivity index (χ0) is 14.5. The first-order valence-electron chi connectivity index (χ1n) is 7.48. The molecule has 0 bridgehead atoms. The van der Waals surface area contributed by atoms with Crippen LogP contribution in [-0.2, 0) is 14.3 Å². The van der Waals surface area contributed by atoms with Gasteiger partial charge in [0.15, 0.2) is 0 Å². The monoisotopic (exact) mass is 283 g/mol. The maximum Gasteiger partial charge on any atom is 0.229 e. The number of hydrogen-bond donors (Lipinski definition) is 2. The molecular formula is C14H25N3O3. The Balaban J connectivity index is 1.86. The van der Waals surface area contributed by atoms with Crippen LogP contribution < -0.4 is 10.6 Å². The standard InChI is InChI=1S/C14H25N3O3/c1-3-5-15-13-9-20-8-12(13)14(19)17-6-4-11(7-17)16-10(2)18/h11-13,15H,3-9H2,1-2H3,(H,16,18). The van der Waals surface area contributed by atoms with Gasteiger partial charge in [0.1, 0.15) is 0 Å². The topological polar surface area (TPSA) is 70.7 Å². The molecule has 3 atom stereocenters. The Hall–Kier alpha value is -1.14. The second kappa shape index (κ2) is 7.04. The first-order valence-corrected chi connectivity index (χ1v) is 7.48. The molecule has 2 aliphatic rings. The van der Waals surface area contributed by atoms with Crippen LogP contribution in [0.2, 0.25) is 0 Å². The van der Waals surface area contributed by atoms with Crippen molar-refractivity contribution in [1.29, 1.82) is 0 Å². The summed E-state index contributed by atoms with van der Waals surface area (Å²) in [5.74, 6) is 0.0394. The predicted molar refractivity (Wildman–Crippen MR) is 75.2 cm³/mol. The largest absolute Gasteiger partial charge is 0.379 e. The van der Waals surface area contributed by atoms with Gasteiger partial charge in [-0.2, -0.15) is 0 Å². The Morgan fingerprint density at radius 1 is 1.35 bits per heavy atom. The van der Waals surface area contributed by atoms with Crippen LogP contribution in [0.1, 0.15) is 26.7 Å². The van der Waals surface area contributed by atoms with Gasteiger partial charge in [0.05, 0.1) is 19.1 Å². The first kappa shape index (κ1) is 15.3. The van der Waals surface area contributed by atoms with E-state index in [1.54, 1.807) is 0 Å². The average Bonchev–Trinajstić information content (AvgIpc) is 3.03. The fraction of sp³-hybridized carbons (Fsp3) is 0.857. The Kier molecular flexibility index (Phi) is 5.37. The SMILES string of the molecule is CCCNC1COCC1C(=O)N1CCC(NC(C)=O)C1. The van der Waals surface area contributed by atoms with Gasteiger partial charge in [0.25, 0.3) is 0 Å². The molecule has 3 unspecified atom stereocenters. The van der Waals surface area contributed by atoms with Crippen LogP contribution in [0.3, 0.4) is 0 Å². The summed E-state index contributed by atoms with van der Waals surface area (Å²) in [5, 5.41) is 6.27. The summed E-state index contributed by atoms with van der Waals surface area (Å²) in [7, 11) is 0. The van der Waals surface area contributed by atoms with Crippen LogP contribution in [0, 0.1) is 5.92 Å². The first-order chi connectivity index (χ1) is 9.61. The molecule has 2 amide bonds. The Labute approximate surface area is 120 Å². The van der Waals surface area contributed by atoms with E-state index < -0.39 is 0 Å². The van der Waals surface area contributed by atoms with Crippen LogP contribution in [0.4, 0.5) is 0 Å². The number of nitrogens with zero attached hydrogens (tertiary/aromatic N) is 1. The highest BCUT2D eigenvalue weighted by molar-refractivity contribution is 5.80. The summed E-state index contributed by atoms with van der Waals surface area (Å²) in [5.41, 5.74) is 0. The molecule has 2 saturated heterocycles. The molecule has 0 saturated carbocycles. The van der Waals surface area contributed by atoms with Crippen molar-refractivity contribution >= 4 is 11.8 Å². The molecule has 0 aromatic heterocycles. The minimum Gasteiger partial charge on any atom is -0.379 e. The highest BCUT2D eigenvalue weighted by Crippen LogP contribution is 2.20. The summed E-state index contributed by atoms with van der Waals surface area (Å²) < 4.78 is 5.46. The van der Waals surface area contributed by atoms with Crippen LogP contribution >= 0.6 is 0 Å². The Bertz CT molecular complexity index is 362. The van der Waals surface area contributed by atoms with E-state index in [4.69, 9.17) is 4.74 Å². The van der Waals surface area contributed by atoms with Crippen molar-refractivity contribution < 1.29 is 14.3 Å². The number of amides is 2. The van der Waals surface area contributed by atoms with Crippen molar-refractivity contribution in [3.63, 3.8) is 0 Å². The minimum atomic E-state index is -0.0855. The molecular weight excluding hydrogens is 258 g/mol. The van der Waals surface area contributed by atoms with Crippen LogP contribution in [0.25, 0.3) is 0 Å². The van der Waals surface area contributed by atoms with E-state index >= 15 is 0 Å². The van der Waals surface area contributed by atoms with E-state index in [0.29, 0.717) is 19.8 Å². The molecule has 20 heavy (non-hydrogen) atoms. The maximum absolute atomic E-state index is 12.5. The van der Waals surface area contributed by atoms with Crippen molar-refractivity contribution in [2.24, 2.45) is 5.92 Å². The third kappa shape index (κ3) is 3.70. The van der Waals surface area contributed by atoms with Crippen molar-refractivity contribution in [3.8, 4) is 0 Å². The Morgan fingerprint density at radius 3 is 2.85 bits per heavy atom. The highest BCUT2D eigenvalue weighted by atomic mass is 16.5. The van der Waals surface area contributed by atoms with Crippen molar-refractivity contribution in [2.75, 3.05) is 32.8 Å². The number of ether oxygens (including phenoxy) is 1. The Morgan fingerprint density at radius 2 is 2.15 bits per heavy atom. The smallest absolute Gasteiger partial charge is 0.229 e. The normalized spacial score (nSPS) is 29.7. The van der Waals surface area contributed by atoms with Crippen molar-refractivity contribution in [2.45, 2.75) is 38.8 Å². The summed E-state index contributed by atoms with van der Waals surface area (Å²) >= 11 is 0. The van der Waals surface area contributed by atoms with Crippen molar-refractivity contribution in [3.05, 3.63) is 0 Å². The lowest BCUT2D eigenvalue weighted by Crippen LogP contribution is -2.46. The average molecular weight is 283 g/mol. The van der Waals surface area contributed by atoms with Gasteiger partial charge < -0.3 is 20.3 Å². The molecule has 114 valence electrons. The van der Waals surface area contributed by atoms with E-state index in [0.717, 1.165) is 25.9 Å². The fourth-order valence-corrected chi connectivity index (χ4v) is 2.93. The molecule has 6 heteroatoms. The summed E-state index contributed by atoms with van der Waals surface area (Å²) in [6, 6.07) is 0.225. The number of likely N-dealkylation sites (tertiary alicyclic amines) is 1. The van der Waals surface area contributed by atoms with Crippen molar-refractivity contribution in [1.82, 2.24) is 15.5 Å². The van der Waals surface area contributed by atoms with Gasteiger partial charge in [-0.15, -0.1) is 0 Å². The lowest BCUT2D eigenvalue weighted by Gasteiger charge is -2.24. The molecule has 2 N–H and O–H groups in total. The zero-order valence-electron chi connectivity index (χ0n) is 12.4. The fourth-order valence-electron chi connectivity index (χ4n) is 2.93. The summed E-state index contributed by atoms with van der Waals surface area (Å²) in [4.78, 5) is 25.5. The van der Waals surface area contributed by atoms with Gasteiger partial charge in [0.2, 0.25) is 11.8 Å². The van der Waals surface area contributed by atoms with Crippen LogP contribution in [0.5, 0.6) is 0 Å². The zero-order valence-corrected chi connectivity index (χ0v) is 12.4. The van der Waals surface area contributed by atoms with Gasteiger partial charge in [0, 0.05) is 32.1 Å². The number of hydrogen-bond acceptors (Lipinski definition) is 4. The minimum absolute atomic E-state index is 0.0315. The highest BCUT2D eigenvalue weighted by Gasteiger charge is 2.38. The molecule has 2 aliphatic heterocycles. The van der Waals surface area contributed by atoms with E-state index in [-0.39, 0.29) is 29.8 Å². The van der Waals surface area contributed by atoms with E-state index in [9.17, 15) is 9.59 Å². The molecule has 2 fully saturated rings.